The van der Waals surface area contributed by atoms with Gasteiger partial charge in [0.15, 0.2) is 6.10 Å². The van der Waals surface area contributed by atoms with Crippen molar-refractivity contribution in [1.29, 1.82) is 0 Å². The lowest BCUT2D eigenvalue weighted by molar-refractivity contribution is -0.137. The lowest BCUT2D eigenvalue weighted by atomic mass is 10.1. The van der Waals surface area contributed by atoms with Crippen molar-refractivity contribution < 1.29 is 22.7 Å². The molecule has 31 heavy (non-hydrogen) atoms. The smallest absolute Gasteiger partial charge is 0.416 e. The van der Waals surface area contributed by atoms with Crippen LogP contribution in [0.5, 0.6) is 0 Å². The molecule has 0 aromatic heterocycles. The van der Waals surface area contributed by atoms with Crippen LogP contribution >= 0.6 is 0 Å². The average Bonchev–Trinajstić information content (AvgIpc) is 2.77. The lowest BCUT2D eigenvalue weighted by Crippen LogP contribution is -2.14. The van der Waals surface area contributed by atoms with Gasteiger partial charge in [0, 0.05) is 16.7 Å². The fraction of sp³-hybridized carbons (Fsp3) is 0.115. The predicted molar refractivity (Wildman–Crippen MR) is 112 cm³/mol. The third kappa shape index (κ3) is 6.26. The molecule has 154 valence electrons. The Morgan fingerprint density at radius 1 is 0.806 bits per heavy atom. The summed E-state index contributed by atoms with van der Waals surface area (Å²) in [7, 11) is 0. The van der Waals surface area contributed by atoms with E-state index < -0.39 is 23.8 Å². The fourth-order valence-electron chi connectivity index (χ4n) is 2.61. The van der Waals surface area contributed by atoms with Gasteiger partial charge in [-0.1, -0.05) is 54.0 Å². The van der Waals surface area contributed by atoms with Crippen molar-refractivity contribution in [3.05, 3.63) is 107 Å². The van der Waals surface area contributed by atoms with Crippen molar-refractivity contribution >= 4 is 5.97 Å². The molecule has 0 aliphatic heterocycles. The highest BCUT2D eigenvalue weighted by atomic mass is 19.4. The number of hydrogen-bond acceptors (Lipinski definition) is 2. The van der Waals surface area contributed by atoms with Crippen molar-refractivity contribution in [3.63, 3.8) is 0 Å². The van der Waals surface area contributed by atoms with E-state index in [1.807, 2.05) is 30.3 Å². The van der Waals surface area contributed by atoms with Crippen molar-refractivity contribution in [2.75, 3.05) is 0 Å². The van der Waals surface area contributed by atoms with Crippen LogP contribution in [0.1, 0.15) is 39.5 Å². The number of esters is 1. The fourth-order valence-corrected chi connectivity index (χ4v) is 2.61. The van der Waals surface area contributed by atoms with Gasteiger partial charge in [-0.2, -0.15) is 13.2 Å². The molecule has 0 aliphatic carbocycles. The van der Waals surface area contributed by atoms with Gasteiger partial charge in [0.1, 0.15) is 0 Å². The van der Waals surface area contributed by atoms with Crippen molar-refractivity contribution in [3.8, 4) is 23.7 Å². The molecule has 5 heteroatoms. The summed E-state index contributed by atoms with van der Waals surface area (Å²) in [5.41, 5.74) is 1.14. The van der Waals surface area contributed by atoms with Gasteiger partial charge in [0.05, 0.1) is 11.1 Å². The van der Waals surface area contributed by atoms with Gasteiger partial charge in [-0.05, 0) is 55.5 Å². The van der Waals surface area contributed by atoms with Gasteiger partial charge in [0.2, 0.25) is 0 Å². The average molecular weight is 418 g/mol. The zero-order chi connectivity index (χ0) is 22.3. The number of hydrogen-bond donors (Lipinski definition) is 0. The van der Waals surface area contributed by atoms with E-state index in [0.29, 0.717) is 11.1 Å². The second-order valence-electron chi connectivity index (χ2n) is 6.55. The number of alkyl halides is 3. The Labute approximate surface area is 178 Å². The molecule has 0 saturated carbocycles. The zero-order valence-corrected chi connectivity index (χ0v) is 16.5. The molecule has 0 N–H and O–H groups in total. The summed E-state index contributed by atoms with van der Waals surface area (Å²) in [4.78, 5) is 12.6. The van der Waals surface area contributed by atoms with Gasteiger partial charge >= 0.3 is 12.1 Å². The number of ether oxygens (including phenoxy) is 1. The molecule has 0 spiro atoms. The van der Waals surface area contributed by atoms with Crippen molar-refractivity contribution in [2.24, 2.45) is 0 Å². The molecule has 1 atom stereocenters. The van der Waals surface area contributed by atoms with Crippen LogP contribution in [0.4, 0.5) is 13.2 Å². The quantitative estimate of drug-likeness (QED) is 0.394. The highest BCUT2D eigenvalue weighted by Crippen LogP contribution is 2.29. The third-order valence-corrected chi connectivity index (χ3v) is 4.18. The molecule has 3 aromatic carbocycles. The monoisotopic (exact) mass is 418 g/mol. The predicted octanol–water partition coefficient (Wildman–Crippen LogP) is 5.70. The number of benzene rings is 3. The maximum absolute atomic E-state index is 12.7. The first-order valence-corrected chi connectivity index (χ1v) is 9.39. The van der Waals surface area contributed by atoms with Crippen LogP contribution < -0.4 is 0 Å². The Morgan fingerprint density at radius 3 is 2.10 bits per heavy atom. The minimum absolute atomic E-state index is 0.260. The Hall–Kier alpha value is -3.96. The number of halogens is 3. The zero-order valence-electron chi connectivity index (χ0n) is 16.5. The van der Waals surface area contributed by atoms with Gasteiger partial charge in [-0.25, -0.2) is 4.79 Å². The maximum Gasteiger partial charge on any atom is 0.416 e. The summed E-state index contributed by atoms with van der Waals surface area (Å²) in [5, 5.41) is 0. The molecule has 0 radical (unpaired) electrons. The molecule has 0 amide bonds. The largest absolute Gasteiger partial charge is 0.446 e. The highest BCUT2D eigenvalue weighted by Gasteiger charge is 2.29. The molecular weight excluding hydrogens is 401 g/mol. The second-order valence-corrected chi connectivity index (χ2v) is 6.55. The van der Waals surface area contributed by atoms with Gasteiger partial charge in [-0.15, -0.1) is 0 Å². The molecular formula is C26H17F3O2. The molecule has 2 nitrogen and oxygen atoms in total. The number of carbonyl (C=O) groups is 1. The van der Waals surface area contributed by atoms with E-state index in [0.717, 1.165) is 17.7 Å². The van der Waals surface area contributed by atoms with Crippen LogP contribution in [-0.4, -0.2) is 12.1 Å². The molecule has 0 fully saturated rings. The maximum atomic E-state index is 12.7. The normalized spacial score (nSPS) is 11.4. The first-order valence-electron chi connectivity index (χ1n) is 9.39. The lowest BCUT2D eigenvalue weighted by Gasteiger charge is -2.08. The van der Waals surface area contributed by atoms with Gasteiger partial charge in [-0.3, -0.25) is 0 Å². The van der Waals surface area contributed by atoms with E-state index in [1.54, 1.807) is 31.2 Å². The second kappa shape index (κ2) is 9.69. The minimum Gasteiger partial charge on any atom is -0.446 e. The summed E-state index contributed by atoms with van der Waals surface area (Å²) in [6.07, 6.45) is -5.04. The third-order valence-electron chi connectivity index (χ3n) is 4.18. The summed E-state index contributed by atoms with van der Waals surface area (Å²) >= 11 is 0. The van der Waals surface area contributed by atoms with Crippen LogP contribution in [-0.2, 0) is 10.9 Å². The first-order chi connectivity index (χ1) is 14.8. The Balaban J connectivity index is 1.74. The van der Waals surface area contributed by atoms with E-state index in [-0.39, 0.29) is 5.56 Å². The van der Waals surface area contributed by atoms with E-state index in [2.05, 4.69) is 23.7 Å². The van der Waals surface area contributed by atoms with Crippen LogP contribution in [0, 0.1) is 23.7 Å². The van der Waals surface area contributed by atoms with Crippen molar-refractivity contribution in [1.82, 2.24) is 0 Å². The van der Waals surface area contributed by atoms with E-state index in [9.17, 15) is 18.0 Å². The molecule has 3 rings (SSSR count). The first kappa shape index (κ1) is 21.7. The Morgan fingerprint density at radius 2 is 1.42 bits per heavy atom. The number of rotatable bonds is 2. The summed E-state index contributed by atoms with van der Waals surface area (Å²) in [6.45, 7) is 1.67. The van der Waals surface area contributed by atoms with Crippen LogP contribution in [0.3, 0.4) is 0 Å². The Kier molecular flexibility index (Phi) is 6.80. The topological polar surface area (TPSA) is 26.3 Å². The van der Waals surface area contributed by atoms with Gasteiger partial charge in [0.25, 0.3) is 0 Å². The van der Waals surface area contributed by atoms with E-state index in [4.69, 9.17) is 4.74 Å². The minimum atomic E-state index is -4.40. The molecule has 3 aromatic rings. The molecule has 0 heterocycles. The summed E-state index contributed by atoms with van der Waals surface area (Å²) < 4.78 is 43.4. The molecule has 0 aliphatic rings. The van der Waals surface area contributed by atoms with Crippen LogP contribution in [0.2, 0.25) is 0 Å². The molecule has 0 bridgehead atoms. The summed E-state index contributed by atoms with van der Waals surface area (Å²) in [5.74, 6) is 10.9. The van der Waals surface area contributed by atoms with E-state index in [1.165, 1.54) is 12.1 Å². The SMILES string of the molecule is CC(C#Cc1ccccc1)OC(=O)c1ccccc1C#Cc1ccc(C(F)(F)F)cc1. The molecule has 1 unspecified atom stereocenters. The van der Waals surface area contributed by atoms with Crippen LogP contribution in [0.15, 0.2) is 78.9 Å². The highest BCUT2D eigenvalue weighted by molar-refractivity contribution is 5.92. The van der Waals surface area contributed by atoms with Gasteiger partial charge < -0.3 is 4.74 Å². The number of carbonyl (C=O) groups excluding carboxylic acids is 1. The van der Waals surface area contributed by atoms with E-state index >= 15 is 0 Å². The van der Waals surface area contributed by atoms with Crippen LogP contribution in [0.25, 0.3) is 0 Å². The van der Waals surface area contributed by atoms with Crippen molar-refractivity contribution in [2.45, 2.75) is 19.2 Å². The summed E-state index contributed by atoms with van der Waals surface area (Å²) in [6, 6.07) is 20.5. The standard InChI is InChI=1S/C26H17F3O2/c1-19(11-12-20-7-3-2-4-8-20)31-25(30)24-10-6-5-9-22(24)16-13-21-14-17-23(18-15-21)26(27,28)29/h2-10,14-15,17-19H,1H3. The molecule has 0 saturated heterocycles. The Bertz CT molecular complexity index is 1170.